The minimum atomic E-state index is 0.566. The van der Waals surface area contributed by atoms with Crippen molar-refractivity contribution < 1.29 is 0 Å². The molecule has 90 valence electrons. The van der Waals surface area contributed by atoms with Crippen LogP contribution in [0.3, 0.4) is 0 Å². The first-order valence-corrected chi connectivity index (χ1v) is 6.45. The number of hydrogen-bond acceptors (Lipinski definition) is 2. The highest BCUT2D eigenvalue weighted by molar-refractivity contribution is 4.82. The summed E-state index contributed by atoms with van der Waals surface area (Å²) in [5.41, 5.74) is 0.566. The Morgan fingerprint density at radius 3 is 2.53 bits per heavy atom. The molecule has 0 radical (unpaired) electrons. The maximum absolute atomic E-state index is 3.47. The number of hydrogen-bond donors (Lipinski definition) is 1. The number of unbranched alkanes of at least 4 members (excludes halogenated alkanes) is 1. The summed E-state index contributed by atoms with van der Waals surface area (Å²) in [6, 6.07) is 0.635. The molecule has 2 heteroatoms. The molecule has 0 aliphatic carbocycles. The van der Waals surface area contributed by atoms with Crippen LogP contribution in [0.1, 0.15) is 47.0 Å². The molecule has 1 aliphatic rings. The third kappa shape index (κ3) is 5.53. The molecular formula is C13H28N2. The second-order valence-electron chi connectivity index (χ2n) is 6.01. The van der Waals surface area contributed by atoms with Gasteiger partial charge in [-0.3, -0.25) is 0 Å². The standard InChI is InChI=1S/C13H28N2/c1-12(2)14-8-5-6-9-15-10-7-13(3,4)11-15/h12,14H,5-11H2,1-4H3. The average Bonchev–Trinajstić information content (AvgIpc) is 2.44. The Morgan fingerprint density at radius 1 is 1.27 bits per heavy atom. The zero-order valence-electron chi connectivity index (χ0n) is 11.0. The van der Waals surface area contributed by atoms with Gasteiger partial charge in [-0.05, 0) is 44.3 Å². The molecule has 0 bridgehead atoms. The van der Waals surface area contributed by atoms with Gasteiger partial charge in [-0.1, -0.05) is 27.7 Å². The zero-order valence-corrected chi connectivity index (χ0v) is 11.0. The Bertz CT molecular complexity index is 175. The van der Waals surface area contributed by atoms with E-state index in [9.17, 15) is 0 Å². The number of nitrogens with zero attached hydrogens (tertiary/aromatic N) is 1. The van der Waals surface area contributed by atoms with Crippen LogP contribution in [0.5, 0.6) is 0 Å². The van der Waals surface area contributed by atoms with E-state index in [2.05, 4.69) is 37.9 Å². The molecular weight excluding hydrogens is 184 g/mol. The Morgan fingerprint density at radius 2 is 2.00 bits per heavy atom. The molecule has 1 fully saturated rings. The molecule has 0 aromatic rings. The van der Waals surface area contributed by atoms with Crippen LogP contribution in [0.4, 0.5) is 0 Å². The van der Waals surface area contributed by atoms with Crippen molar-refractivity contribution in [1.29, 1.82) is 0 Å². The van der Waals surface area contributed by atoms with Crippen molar-refractivity contribution in [3.63, 3.8) is 0 Å². The summed E-state index contributed by atoms with van der Waals surface area (Å²) >= 11 is 0. The van der Waals surface area contributed by atoms with Gasteiger partial charge in [-0.2, -0.15) is 0 Å². The van der Waals surface area contributed by atoms with Crippen LogP contribution in [0.15, 0.2) is 0 Å². The molecule has 1 rings (SSSR count). The molecule has 15 heavy (non-hydrogen) atoms. The molecule has 0 amide bonds. The number of likely N-dealkylation sites (tertiary alicyclic amines) is 1. The van der Waals surface area contributed by atoms with Gasteiger partial charge >= 0.3 is 0 Å². The van der Waals surface area contributed by atoms with Gasteiger partial charge in [0, 0.05) is 12.6 Å². The van der Waals surface area contributed by atoms with Crippen LogP contribution in [0.2, 0.25) is 0 Å². The quantitative estimate of drug-likeness (QED) is 0.681. The fraction of sp³-hybridized carbons (Fsp3) is 1.00. The monoisotopic (exact) mass is 212 g/mol. The second kappa shape index (κ2) is 5.86. The molecule has 1 heterocycles. The Labute approximate surface area is 95.4 Å². The van der Waals surface area contributed by atoms with E-state index in [0.717, 1.165) is 0 Å². The first-order valence-electron chi connectivity index (χ1n) is 6.45. The Kier molecular flexibility index (Phi) is 5.07. The van der Waals surface area contributed by atoms with Gasteiger partial charge in [-0.15, -0.1) is 0 Å². The van der Waals surface area contributed by atoms with Crippen molar-refractivity contribution in [3.05, 3.63) is 0 Å². The average molecular weight is 212 g/mol. The summed E-state index contributed by atoms with van der Waals surface area (Å²) in [5, 5.41) is 3.47. The lowest BCUT2D eigenvalue weighted by atomic mass is 9.93. The van der Waals surface area contributed by atoms with Crippen LogP contribution in [0.25, 0.3) is 0 Å². The predicted octanol–water partition coefficient (Wildman–Crippen LogP) is 2.50. The van der Waals surface area contributed by atoms with Crippen LogP contribution in [-0.2, 0) is 0 Å². The topological polar surface area (TPSA) is 15.3 Å². The van der Waals surface area contributed by atoms with E-state index in [4.69, 9.17) is 0 Å². The minimum Gasteiger partial charge on any atom is -0.315 e. The summed E-state index contributed by atoms with van der Waals surface area (Å²) < 4.78 is 0. The smallest absolute Gasteiger partial charge is 0.00332 e. The van der Waals surface area contributed by atoms with Crippen molar-refractivity contribution in [1.82, 2.24) is 10.2 Å². The molecule has 0 saturated carbocycles. The molecule has 1 aliphatic heterocycles. The SMILES string of the molecule is CC(C)NCCCCN1CCC(C)(C)C1. The number of rotatable bonds is 6. The normalized spacial score (nSPS) is 21.4. The zero-order chi connectivity index (χ0) is 11.3. The van der Waals surface area contributed by atoms with Gasteiger partial charge < -0.3 is 10.2 Å². The fourth-order valence-corrected chi connectivity index (χ4v) is 2.27. The molecule has 1 N–H and O–H groups in total. The fourth-order valence-electron chi connectivity index (χ4n) is 2.27. The van der Waals surface area contributed by atoms with Gasteiger partial charge in [0.25, 0.3) is 0 Å². The summed E-state index contributed by atoms with van der Waals surface area (Å²) in [5.74, 6) is 0. The molecule has 0 unspecified atom stereocenters. The summed E-state index contributed by atoms with van der Waals surface area (Å²) in [6.07, 6.45) is 4.03. The maximum atomic E-state index is 3.47. The van der Waals surface area contributed by atoms with Gasteiger partial charge in [-0.25, -0.2) is 0 Å². The third-order valence-corrected chi connectivity index (χ3v) is 3.21. The van der Waals surface area contributed by atoms with Crippen molar-refractivity contribution in [2.75, 3.05) is 26.2 Å². The van der Waals surface area contributed by atoms with Gasteiger partial charge in [0.1, 0.15) is 0 Å². The highest BCUT2D eigenvalue weighted by Gasteiger charge is 2.28. The van der Waals surface area contributed by atoms with Crippen LogP contribution >= 0.6 is 0 Å². The highest BCUT2D eigenvalue weighted by atomic mass is 15.1. The van der Waals surface area contributed by atoms with Crippen molar-refractivity contribution in [3.8, 4) is 0 Å². The van der Waals surface area contributed by atoms with Gasteiger partial charge in [0.2, 0.25) is 0 Å². The Hall–Kier alpha value is -0.0800. The lowest BCUT2D eigenvalue weighted by molar-refractivity contribution is 0.285. The highest BCUT2D eigenvalue weighted by Crippen LogP contribution is 2.28. The second-order valence-corrected chi connectivity index (χ2v) is 6.01. The van der Waals surface area contributed by atoms with E-state index >= 15 is 0 Å². The van der Waals surface area contributed by atoms with Crippen molar-refractivity contribution in [2.45, 2.75) is 53.0 Å². The molecule has 0 atom stereocenters. The van der Waals surface area contributed by atoms with E-state index < -0.39 is 0 Å². The molecule has 0 aromatic carbocycles. The van der Waals surface area contributed by atoms with Crippen LogP contribution in [0, 0.1) is 5.41 Å². The summed E-state index contributed by atoms with van der Waals surface area (Å²) in [4.78, 5) is 2.62. The molecule has 0 aromatic heterocycles. The molecule has 0 spiro atoms. The van der Waals surface area contributed by atoms with E-state index in [1.54, 1.807) is 0 Å². The van der Waals surface area contributed by atoms with E-state index in [-0.39, 0.29) is 0 Å². The first kappa shape index (κ1) is 13.0. The maximum Gasteiger partial charge on any atom is 0.00332 e. The lowest BCUT2D eigenvalue weighted by Gasteiger charge is -2.19. The lowest BCUT2D eigenvalue weighted by Crippen LogP contribution is -2.27. The van der Waals surface area contributed by atoms with Crippen molar-refractivity contribution >= 4 is 0 Å². The third-order valence-electron chi connectivity index (χ3n) is 3.21. The van der Waals surface area contributed by atoms with Crippen LogP contribution < -0.4 is 5.32 Å². The van der Waals surface area contributed by atoms with E-state index in [0.29, 0.717) is 11.5 Å². The largest absolute Gasteiger partial charge is 0.315 e. The van der Waals surface area contributed by atoms with Gasteiger partial charge in [0.05, 0.1) is 0 Å². The van der Waals surface area contributed by atoms with E-state index in [1.807, 2.05) is 0 Å². The Balaban J connectivity index is 1.97. The number of nitrogens with one attached hydrogen (secondary N) is 1. The summed E-state index contributed by atoms with van der Waals surface area (Å²) in [6.45, 7) is 14.3. The molecule has 2 nitrogen and oxygen atoms in total. The first-order chi connectivity index (χ1) is 6.99. The predicted molar refractivity (Wildman–Crippen MR) is 67.2 cm³/mol. The van der Waals surface area contributed by atoms with E-state index in [1.165, 1.54) is 45.4 Å². The minimum absolute atomic E-state index is 0.566. The summed E-state index contributed by atoms with van der Waals surface area (Å²) in [7, 11) is 0. The van der Waals surface area contributed by atoms with Crippen LogP contribution in [-0.4, -0.2) is 37.1 Å². The van der Waals surface area contributed by atoms with Gasteiger partial charge in [0.15, 0.2) is 0 Å². The van der Waals surface area contributed by atoms with Crippen molar-refractivity contribution in [2.24, 2.45) is 5.41 Å². The molecule has 1 saturated heterocycles.